The minimum absolute atomic E-state index is 0.0349. The molecule has 5 nitrogen and oxygen atoms in total. The van der Waals surface area contributed by atoms with Crippen LogP contribution in [0.25, 0.3) is 0 Å². The predicted octanol–water partition coefficient (Wildman–Crippen LogP) is 2.48. The minimum atomic E-state index is -0.0363. The van der Waals surface area contributed by atoms with Crippen molar-refractivity contribution in [3.8, 4) is 0 Å². The number of thiazole rings is 1. The van der Waals surface area contributed by atoms with Gasteiger partial charge in [-0.15, -0.1) is 11.3 Å². The standard InChI is InChI=1S/C19H25N3O2S/c1-24-14-19(7-9-20-10-8-19)13-22-18(23)16-12-21-17(25-16)11-15-5-3-2-4-6-15/h2-6,12,20H,7-11,13-14H2,1H3,(H,22,23). The molecule has 3 rings (SSSR count). The van der Waals surface area contributed by atoms with Crippen LogP contribution < -0.4 is 10.6 Å². The second-order valence-corrected chi connectivity index (χ2v) is 7.76. The van der Waals surface area contributed by atoms with Gasteiger partial charge in [-0.2, -0.15) is 0 Å². The highest BCUT2D eigenvalue weighted by Crippen LogP contribution is 2.28. The fourth-order valence-corrected chi connectivity index (χ4v) is 4.13. The number of nitrogens with zero attached hydrogens (tertiary/aromatic N) is 1. The number of nitrogens with one attached hydrogen (secondary N) is 2. The van der Waals surface area contributed by atoms with Gasteiger partial charge in [0, 0.05) is 25.5 Å². The smallest absolute Gasteiger partial charge is 0.263 e. The van der Waals surface area contributed by atoms with E-state index in [4.69, 9.17) is 4.74 Å². The number of rotatable bonds is 7. The first-order valence-corrected chi connectivity index (χ1v) is 9.49. The van der Waals surface area contributed by atoms with Crippen LogP contribution >= 0.6 is 11.3 Å². The Balaban J connectivity index is 1.58. The Morgan fingerprint density at radius 2 is 2.08 bits per heavy atom. The monoisotopic (exact) mass is 359 g/mol. The maximum absolute atomic E-state index is 12.5. The molecule has 0 aliphatic carbocycles. The molecule has 1 aliphatic rings. The van der Waals surface area contributed by atoms with E-state index >= 15 is 0 Å². The van der Waals surface area contributed by atoms with Crippen molar-refractivity contribution in [2.45, 2.75) is 19.3 Å². The second kappa shape index (κ2) is 8.56. The number of hydrogen-bond acceptors (Lipinski definition) is 5. The van der Waals surface area contributed by atoms with Crippen LogP contribution in [0.15, 0.2) is 36.5 Å². The average Bonchev–Trinajstić information content (AvgIpc) is 3.10. The van der Waals surface area contributed by atoms with E-state index in [0.717, 1.165) is 37.4 Å². The van der Waals surface area contributed by atoms with E-state index in [1.165, 1.54) is 16.9 Å². The highest BCUT2D eigenvalue weighted by Gasteiger charge is 2.32. The molecule has 1 amide bonds. The van der Waals surface area contributed by atoms with Crippen molar-refractivity contribution in [3.63, 3.8) is 0 Å². The fraction of sp³-hybridized carbons (Fsp3) is 0.474. The fourth-order valence-electron chi connectivity index (χ4n) is 3.26. The molecule has 6 heteroatoms. The number of amides is 1. The molecule has 0 spiro atoms. The number of methoxy groups -OCH3 is 1. The van der Waals surface area contributed by atoms with Gasteiger partial charge in [0.15, 0.2) is 0 Å². The van der Waals surface area contributed by atoms with Crippen LogP contribution in [-0.4, -0.2) is 44.2 Å². The Morgan fingerprint density at radius 1 is 1.32 bits per heavy atom. The van der Waals surface area contributed by atoms with Gasteiger partial charge < -0.3 is 15.4 Å². The van der Waals surface area contributed by atoms with Crippen molar-refractivity contribution in [1.29, 1.82) is 0 Å². The largest absolute Gasteiger partial charge is 0.384 e. The lowest BCUT2D eigenvalue weighted by molar-refractivity contribution is 0.0512. The van der Waals surface area contributed by atoms with Crippen LogP contribution in [0.3, 0.4) is 0 Å². The third-order valence-corrected chi connectivity index (χ3v) is 5.71. The number of carbonyl (C=O) groups is 1. The van der Waals surface area contributed by atoms with Crippen LogP contribution in [0.1, 0.15) is 33.1 Å². The molecule has 0 bridgehead atoms. The maximum atomic E-state index is 12.5. The summed E-state index contributed by atoms with van der Waals surface area (Å²) in [7, 11) is 1.73. The first kappa shape index (κ1) is 18.0. The lowest BCUT2D eigenvalue weighted by atomic mass is 9.79. The Hall–Kier alpha value is -1.76. The van der Waals surface area contributed by atoms with E-state index in [9.17, 15) is 4.79 Å². The first-order chi connectivity index (χ1) is 12.2. The van der Waals surface area contributed by atoms with Crippen LogP contribution in [-0.2, 0) is 11.2 Å². The molecule has 1 aliphatic heterocycles. The predicted molar refractivity (Wildman–Crippen MR) is 100 cm³/mol. The van der Waals surface area contributed by atoms with Crippen molar-refractivity contribution in [3.05, 3.63) is 52.0 Å². The lowest BCUT2D eigenvalue weighted by Gasteiger charge is -2.37. The topological polar surface area (TPSA) is 63.2 Å². The summed E-state index contributed by atoms with van der Waals surface area (Å²) >= 11 is 1.47. The van der Waals surface area contributed by atoms with E-state index in [1.54, 1.807) is 13.3 Å². The summed E-state index contributed by atoms with van der Waals surface area (Å²) in [4.78, 5) is 17.6. The molecular formula is C19H25N3O2S. The number of aromatic nitrogens is 1. The second-order valence-electron chi connectivity index (χ2n) is 6.65. The highest BCUT2D eigenvalue weighted by atomic mass is 32.1. The zero-order valence-corrected chi connectivity index (χ0v) is 15.4. The normalized spacial score (nSPS) is 16.5. The molecule has 1 aromatic carbocycles. The van der Waals surface area contributed by atoms with E-state index in [-0.39, 0.29) is 11.3 Å². The third kappa shape index (κ3) is 4.87. The van der Waals surface area contributed by atoms with Crippen molar-refractivity contribution < 1.29 is 9.53 Å². The number of carbonyl (C=O) groups excluding carboxylic acids is 1. The zero-order valence-electron chi connectivity index (χ0n) is 14.6. The minimum Gasteiger partial charge on any atom is -0.384 e. The number of piperidine rings is 1. The highest BCUT2D eigenvalue weighted by molar-refractivity contribution is 7.13. The van der Waals surface area contributed by atoms with Crippen LogP contribution in [0.4, 0.5) is 0 Å². The van der Waals surface area contributed by atoms with Crippen molar-refractivity contribution in [2.24, 2.45) is 5.41 Å². The maximum Gasteiger partial charge on any atom is 0.263 e. The van der Waals surface area contributed by atoms with Crippen molar-refractivity contribution in [1.82, 2.24) is 15.6 Å². The summed E-state index contributed by atoms with van der Waals surface area (Å²) in [5.41, 5.74) is 1.24. The van der Waals surface area contributed by atoms with Gasteiger partial charge in [0.2, 0.25) is 0 Å². The lowest BCUT2D eigenvalue weighted by Crippen LogP contribution is -2.47. The van der Waals surface area contributed by atoms with E-state index in [2.05, 4.69) is 27.8 Å². The molecule has 1 fully saturated rings. The number of benzene rings is 1. The molecule has 2 N–H and O–H groups in total. The molecule has 134 valence electrons. The summed E-state index contributed by atoms with van der Waals surface area (Å²) in [5.74, 6) is -0.0363. The van der Waals surface area contributed by atoms with Crippen molar-refractivity contribution >= 4 is 17.2 Å². The molecule has 2 aromatic rings. The van der Waals surface area contributed by atoms with E-state index in [0.29, 0.717) is 18.0 Å². The number of ether oxygens (including phenoxy) is 1. The van der Waals surface area contributed by atoms with Gasteiger partial charge in [0.05, 0.1) is 17.8 Å². The summed E-state index contributed by atoms with van der Waals surface area (Å²) in [6.45, 7) is 3.27. The molecule has 1 saturated heterocycles. The Morgan fingerprint density at radius 3 is 2.80 bits per heavy atom. The summed E-state index contributed by atoms with van der Waals surface area (Å²) < 4.78 is 5.40. The van der Waals surface area contributed by atoms with Gasteiger partial charge >= 0.3 is 0 Å². The van der Waals surface area contributed by atoms with Gasteiger partial charge in [-0.05, 0) is 31.5 Å². The van der Waals surface area contributed by atoms with E-state index in [1.807, 2.05) is 18.2 Å². The molecule has 25 heavy (non-hydrogen) atoms. The molecule has 0 saturated carbocycles. The van der Waals surface area contributed by atoms with Crippen molar-refractivity contribution in [2.75, 3.05) is 33.4 Å². The summed E-state index contributed by atoms with van der Waals surface area (Å²) in [6, 6.07) is 10.2. The zero-order chi connectivity index (χ0) is 17.5. The SMILES string of the molecule is COCC1(CNC(=O)c2cnc(Cc3ccccc3)s2)CCNCC1. The first-order valence-electron chi connectivity index (χ1n) is 8.67. The van der Waals surface area contributed by atoms with E-state index < -0.39 is 0 Å². The molecule has 2 heterocycles. The quantitative estimate of drug-likeness (QED) is 0.797. The molecular weight excluding hydrogens is 334 g/mol. The van der Waals surface area contributed by atoms with Gasteiger partial charge in [-0.1, -0.05) is 30.3 Å². The molecule has 0 atom stereocenters. The average molecular weight is 359 g/mol. The van der Waals surface area contributed by atoms with Crippen LogP contribution in [0, 0.1) is 5.41 Å². The van der Waals surface area contributed by atoms with Gasteiger partial charge in [-0.3, -0.25) is 4.79 Å². The molecule has 0 unspecified atom stereocenters. The third-order valence-electron chi connectivity index (χ3n) is 4.71. The van der Waals surface area contributed by atoms with Gasteiger partial charge in [0.1, 0.15) is 4.88 Å². The summed E-state index contributed by atoms with van der Waals surface area (Å²) in [5, 5.41) is 7.43. The Labute approximate surface area is 152 Å². The molecule has 0 radical (unpaired) electrons. The molecule has 1 aromatic heterocycles. The Bertz CT molecular complexity index is 675. The number of hydrogen-bond donors (Lipinski definition) is 2. The summed E-state index contributed by atoms with van der Waals surface area (Å²) in [6.07, 6.45) is 4.48. The van der Waals surface area contributed by atoms with Crippen LogP contribution in [0.5, 0.6) is 0 Å². The van der Waals surface area contributed by atoms with Gasteiger partial charge in [-0.25, -0.2) is 4.98 Å². The Kier molecular flexibility index (Phi) is 6.18. The van der Waals surface area contributed by atoms with Crippen LogP contribution in [0.2, 0.25) is 0 Å². The van der Waals surface area contributed by atoms with Gasteiger partial charge in [0.25, 0.3) is 5.91 Å².